The van der Waals surface area contributed by atoms with Crippen LogP contribution in [0.15, 0.2) is 0 Å². The molecular formula is C8H15NO3. The van der Waals surface area contributed by atoms with Crippen LogP contribution in [0, 0.1) is 5.92 Å². The van der Waals surface area contributed by atoms with Gasteiger partial charge in [-0.25, -0.2) is 0 Å². The van der Waals surface area contributed by atoms with Crippen LogP contribution in [0.5, 0.6) is 0 Å². The molecule has 2 N–H and O–H groups in total. The third-order valence-electron chi connectivity index (χ3n) is 1.53. The van der Waals surface area contributed by atoms with Gasteiger partial charge >= 0.3 is 5.97 Å². The highest BCUT2D eigenvalue weighted by atomic mass is 16.5. The standard InChI is InChI=1S/C8H15NO3/c1-3-7(4-9)8(11)12-5-6(2)10/h7H,3-5,9H2,1-2H3. The van der Waals surface area contributed by atoms with Gasteiger partial charge in [-0.1, -0.05) is 6.92 Å². The lowest BCUT2D eigenvalue weighted by Crippen LogP contribution is -2.26. The molecule has 0 bridgehead atoms. The van der Waals surface area contributed by atoms with Gasteiger partial charge in [0, 0.05) is 6.54 Å². The number of esters is 1. The Morgan fingerprint density at radius 2 is 2.08 bits per heavy atom. The van der Waals surface area contributed by atoms with Crippen LogP contribution in [0.3, 0.4) is 0 Å². The van der Waals surface area contributed by atoms with Crippen molar-refractivity contribution in [3.05, 3.63) is 0 Å². The van der Waals surface area contributed by atoms with E-state index in [-0.39, 0.29) is 30.8 Å². The maximum atomic E-state index is 11.1. The Morgan fingerprint density at radius 3 is 2.42 bits per heavy atom. The lowest BCUT2D eigenvalue weighted by atomic mass is 10.1. The summed E-state index contributed by atoms with van der Waals surface area (Å²) in [5.74, 6) is -0.810. The van der Waals surface area contributed by atoms with Gasteiger partial charge in [-0.15, -0.1) is 0 Å². The van der Waals surface area contributed by atoms with E-state index in [1.165, 1.54) is 6.92 Å². The van der Waals surface area contributed by atoms with Crippen LogP contribution < -0.4 is 5.73 Å². The second-order valence-electron chi connectivity index (χ2n) is 2.65. The van der Waals surface area contributed by atoms with E-state index in [0.717, 1.165) is 0 Å². The fourth-order valence-electron chi connectivity index (χ4n) is 0.720. The minimum atomic E-state index is -0.379. The molecule has 0 amide bonds. The summed E-state index contributed by atoms with van der Waals surface area (Å²) in [5.41, 5.74) is 5.30. The molecular weight excluding hydrogens is 158 g/mol. The van der Waals surface area contributed by atoms with Gasteiger partial charge in [0.15, 0.2) is 5.78 Å². The van der Waals surface area contributed by atoms with Crippen LogP contribution in [0.1, 0.15) is 20.3 Å². The van der Waals surface area contributed by atoms with Crippen molar-refractivity contribution < 1.29 is 14.3 Å². The minimum Gasteiger partial charge on any atom is -0.457 e. The number of carbonyl (C=O) groups excluding carboxylic acids is 2. The van der Waals surface area contributed by atoms with Crippen molar-refractivity contribution in [2.24, 2.45) is 11.7 Å². The van der Waals surface area contributed by atoms with E-state index in [1.807, 2.05) is 6.92 Å². The fraction of sp³-hybridized carbons (Fsp3) is 0.750. The van der Waals surface area contributed by atoms with Crippen molar-refractivity contribution in [1.82, 2.24) is 0 Å². The third kappa shape index (κ3) is 4.08. The molecule has 12 heavy (non-hydrogen) atoms. The van der Waals surface area contributed by atoms with Crippen molar-refractivity contribution in [2.45, 2.75) is 20.3 Å². The van der Waals surface area contributed by atoms with E-state index in [0.29, 0.717) is 6.42 Å². The molecule has 70 valence electrons. The highest BCUT2D eigenvalue weighted by molar-refractivity contribution is 5.80. The summed E-state index contributed by atoms with van der Waals surface area (Å²) in [4.78, 5) is 21.5. The Labute approximate surface area is 72.1 Å². The molecule has 4 heteroatoms. The summed E-state index contributed by atoms with van der Waals surface area (Å²) in [5, 5.41) is 0. The number of hydrogen-bond acceptors (Lipinski definition) is 4. The van der Waals surface area contributed by atoms with E-state index >= 15 is 0 Å². The summed E-state index contributed by atoms with van der Waals surface area (Å²) in [7, 11) is 0. The number of rotatable bonds is 5. The molecule has 0 radical (unpaired) electrons. The van der Waals surface area contributed by atoms with E-state index in [9.17, 15) is 9.59 Å². The number of nitrogens with two attached hydrogens (primary N) is 1. The molecule has 1 atom stereocenters. The SMILES string of the molecule is CCC(CN)C(=O)OCC(C)=O. The number of hydrogen-bond donors (Lipinski definition) is 1. The number of ketones is 1. The first-order chi connectivity index (χ1) is 5.61. The zero-order valence-electron chi connectivity index (χ0n) is 7.50. The Morgan fingerprint density at radius 1 is 1.50 bits per heavy atom. The van der Waals surface area contributed by atoms with Gasteiger partial charge in [-0.3, -0.25) is 9.59 Å². The molecule has 0 aliphatic rings. The van der Waals surface area contributed by atoms with E-state index in [4.69, 9.17) is 5.73 Å². The minimum absolute atomic E-state index is 0.144. The Hall–Kier alpha value is -0.900. The average Bonchev–Trinajstić information content (AvgIpc) is 2.03. The summed E-state index contributed by atoms with van der Waals surface area (Å²) in [6.45, 7) is 3.35. The maximum absolute atomic E-state index is 11.1. The first-order valence-corrected chi connectivity index (χ1v) is 3.98. The predicted octanol–water partition coefficient (Wildman–Crippen LogP) is 0.103. The number of Topliss-reactive ketones (excluding diaryl/α,β-unsaturated/α-hetero) is 1. The second-order valence-corrected chi connectivity index (χ2v) is 2.65. The monoisotopic (exact) mass is 173 g/mol. The molecule has 4 nitrogen and oxygen atoms in total. The van der Waals surface area contributed by atoms with Crippen molar-refractivity contribution in [3.8, 4) is 0 Å². The summed E-state index contributed by atoms with van der Waals surface area (Å²) < 4.78 is 4.68. The zero-order chi connectivity index (χ0) is 9.56. The molecule has 0 rings (SSSR count). The number of ether oxygens (including phenoxy) is 1. The van der Waals surface area contributed by atoms with Crippen molar-refractivity contribution in [1.29, 1.82) is 0 Å². The topological polar surface area (TPSA) is 69.4 Å². The fourth-order valence-corrected chi connectivity index (χ4v) is 0.720. The first-order valence-electron chi connectivity index (χ1n) is 3.98. The van der Waals surface area contributed by atoms with Gasteiger partial charge in [0.2, 0.25) is 0 Å². The average molecular weight is 173 g/mol. The molecule has 0 aromatic heterocycles. The van der Waals surface area contributed by atoms with E-state index < -0.39 is 0 Å². The Balaban J connectivity index is 3.77. The third-order valence-corrected chi connectivity index (χ3v) is 1.53. The van der Waals surface area contributed by atoms with Gasteiger partial charge < -0.3 is 10.5 Å². The highest BCUT2D eigenvalue weighted by Gasteiger charge is 2.15. The van der Waals surface area contributed by atoms with Crippen molar-refractivity contribution in [3.63, 3.8) is 0 Å². The van der Waals surface area contributed by atoms with Crippen LogP contribution in [0.2, 0.25) is 0 Å². The largest absolute Gasteiger partial charge is 0.457 e. The molecule has 0 spiro atoms. The van der Waals surface area contributed by atoms with Crippen LogP contribution in [0.4, 0.5) is 0 Å². The molecule has 0 aliphatic carbocycles. The Bertz CT molecular complexity index is 164. The first kappa shape index (κ1) is 11.1. The van der Waals surface area contributed by atoms with Crippen LogP contribution >= 0.6 is 0 Å². The van der Waals surface area contributed by atoms with Gasteiger partial charge in [0.1, 0.15) is 6.61 Å². The molecule has 0 saturated carbocycles. The molecule has 0 fully saturated rings. The van der Waals surface area contributed by atoms with E-state index in [1.54, 1.807) is 0 Å². The normalized spacial score (nSPS) is 12.2. The van der Waals surface area contributed by atoms with Gasteiger partial charge in [0.05, 0.1) is 5.92 Å². The Kier molecular flexibility index (Phi) is 5.28. The predicted molar refractivity (Wildman–Crippen MR) is 44.5 cm³/mol. The van der Waals surface area contributed by atoms with Crippen molar-refractivity contribution in [2.75, 3.05) is 13.2 Å². The smallest absolute Gasteiger partial charge is 0.310 e. The van der Waals surface area contributed by atoms with Crippen LogP contribution in [0.25, 0.3) is 0 Å². The maximum Gasteiger partial charge on any atom is 0.310 e. The lowest BCUT2D eigenvalue weighted by molar-refractivity contribution is -0.151. The van der Waals surface area contributed by atoms with Gasteiger partial charge in [-0.2, -0.15) is 0 Å². The van der Waals surface area contributed by atoms with Crippen LogP contribution in [-0.4, -0.2) is 24.9 Å². The van der Waals surface area contributed by atoms with Gasteiger partial charge in [-0.05, 0) is 13.3 Å². The molecule has 1 unspecified atom stereocenters. The van der Waals surface area contributed by atoms with Crippen LogP contribution in [-0.2, 0) is 14.3 Å². The second kappa shape index (κ2) is 5.71. The summed E-state index contributed by atoms with van der Waals surface area (Å²) >= 11 is 0. The summed E-state index contributed by atoms with van der Waals surface area (Å²) in [6, 6.07) is 0. The molecule has 0 aliphatic heterocycles. The van der Waals surface area contributed by atoms with Gasteiger partial charge in [0.25, 0.3) is 0 Å². The molecule has 0 aromatic carbocycles. The van der Waals surface area contributed by atoms with E-state index in [2.05, 4.69) is 4.74 Å². The number of carbonyl (C=O) groups is 2. The molecule has 0 heterocycles. The summed E-state index contributed by atoms with van der Waals surface area (Å²) in [6.07, 6.45) is 0.646. The quantitative estimate of drug-likeness (QED) is 0.599. The molecule has 0 saturated heterocycles. The van der Waals surface area contributed by atoms with Crippen molar-refractivity contribution >= 4 is 11.8 Å². The molecule has 0 aromatic rings. The zero-order valence-corrected chi connectivity index (χ0v) is 7.50. The lowest BCUT2D eigenvalue weighted by Gasteiger charge is -2.10. The highest BCUT2D eigenvalue weighted by Crippen LogP contribution is 2.02.